The Morgan fingerprint density at radius 3 is 2.50 bits per heavy atom. The van der Waals surface area contributed by atoms with Crippen molar-refractivity contribution in [1.29, 1.82) is 0 Å². The van der Waals surface area contributed by atoms with Gasteiger partial charge in [0.25, 0.3) is 0 Å². The van der Waals surface area contributed by atoms with Crippen LogP contribution >= 0.6 is 0 Å². The molecule has 0 aliphatic carbocycles. The number of benzene rings is 1. The molecule has 0 heterocycles. The lowest BCUT2D eigenvalue weighted by atomic mass is 10.1. The fourth-order valence-corrected chi connectivity index (χ4v) is 1.58. The first kappa shape index (κ1) is 12.4. The second-order valence-corrected chi connectivity index (χ2v) is 3.76. The highest BCUT2D eigenvalue weighted by molar-refractivity contribution is 5.94. The molecule has 0 radical (unpaired) electrons. The molecule has 16 heavy (non-hydrogen) atoms. The number of hydrogen-bond acceptors (Lipinski definition) is 3. The van der Waals surface area contributed by atoms with E-state index in [2.05, 4.69) is 19.2 Å². The maximum absolute atomic E-state index is 10.8. The first-order chi connectivity index (χ1) is 7.58. The van der Waals surface area contributed by atoms with Crippen molar-refractivity contribution in [3.05, 3.63) is 23.8 Å². The molecule has 1 rings (SSSR count). The van der Waals surface area contributed by atoms with Crippen LogP contribution in [0.25, 0.3) is 0 Å². The molecule has 4 N–H and O–H groups in total. The van der Waals surface area contributed by atoms with Crippen molar-refractivity contribution in [2.75, 3.05) is 11.1 Å². The topological polar surface area (TPSA) is 75.3 Å². The van der Waals surface area contributed by atoms with Gasteiger partial charge in [-0.15, -0.1) is 0 Å². The minimum absolute atomic E-state index is 0.148. The summed E-state index contributed by atoms with van der Waals surface area (Å²) in [5, 5.41) is 12.1. The summed E-state index contributed by atoms with van der Waals surface area (Å²) < 4.78 is 0. The molecule has 88 valence electrons. The number of carboxylic acid groups (broad SMARTS) is 1. The van der Waals surface area contributed by atoms with Crippen molar-refractivity contribution in [2.24, 2.45) is 0 Å². The van der Waals surface area contributed by atoms with E-state index in [1.165, 1.54) is 6.07 Å². The lowest BCUT2D eigenvalue weighted by Crippen LogP contribution is -2.17. The number of anilines is 2. The monoisotopic (exact) mass is 222 g/mol. The second-order valence-electron chi connectivity index (χ2n) is 3.76. The molecule has 0 amide bonds. The van der Waals surface area contributed by atoms with Gasteiger partial charge in [0.1, 0.15) is 0 Å². The Morgan fingerprint density at radius 2 is 2.06 bits per heavy atom. The Balaban J connectivity index is 2.84. The van der Waals surface area contributed by atoms with Crippen molar-refractivity contribution in [3.63, 3.8) is 0 Å². The molecule has 0 saturated carbocycles. The van der Waals surface area contributed by atoms with Gasteiger partial charge >= 0.3 is 5.97 Å². The zero-order valence-corrected chi connectivity index (χ0v) is 9.66. The molecule has 0 fully saturated rings. The van der Waals surface area contributed by atoms with Crippen LogP contribution in [0.1, 0.15) is 37.0 Å². The Hall–Kier alpha value is -1.71. The third-order valence-electron chi connectivity index (χ3n) is 2.64. The summed E-state index contributed by atoms with van der Waals surface area (Å²) in [7, 11) is 0. The van der Waals surface area contributed by atoms with E-state index >= 15 is 0 Å². The molecule has 1 aromatic carbocycles. The van der Waals surface area contributed by atoms with Crippen molar-refractivity contribution in [1.82, 2.24) is 0 Å². The highest BCUT2D eigenvalue weighted by Crippen LogP contribution is 2.19. The van der Waals surface area contributed by atoms with E-state index in [-0.39, 0.29) is 5.56 Å². The van der Waals surface area contributed by atoms with Crippen LogP contribution in [0.2, 0.25) is 0 Å². The zero-order valence-electron chi connectivity index (χ0n) is 9.66. The van der Waals surface area contributed by atoms with Crippen LogP contribution in [0.15, 0.2) is 18.2 Å². The lowest BCUT2D eigenvalue weighted by molar-refractivity contribution is 0.0698. The molecular formula is C12H18N2O2. The Kier molecular flexibility index (Phi) is 4.17. The molecule has 0 atom stereocenters. The predicted octanol–water partition coefficient (Wildman–Crippen LogP) is 2.57. The van der Waals surface area contributed by atoms with Gasteiger partial charge in [0.05, 0.1) is 5.56 Å². The molecule has 0 aromatic heterocycles. The van der Waals surface area contributed by atoms with Crippen LogP contribution in [-0.4, -0.2) is 17.1 Å². The second kappa shape index (κ2) is 5.39. The van der Waals surface area contributed by atoms with Gasteiger partial charge in [-0.2, -0.15) is 0 Å². The van der Waals surface area contributed by atoms with E-state index < -0.39 is 5.97 Å². The Bertz CT molecular complexity index is 373. The van der Waals surface area contributed by atoms with Crippen molar-refractivity contribution in [3.8, 4) is 0 Å². The van der Waals surface area contributed by atoms with Crippen LogP contribution in [0.3, 0.4) is 0 Å². The van der Waals surface area contributed by atoms with Gasteiger partial charge < -0.3 is 16.2 Å². The molecule has 0 aliphatic heterocycles. The van der Waals surface area contributed by atoms with E-state index in [1.807, 2.05) is 0 Å². The number of aromatic carboxylic acids is 1. The summed E-state index contributed by atoms with van der Waals surface area (Å²) in [6, 6.07) is 5.34. The minimum atomic E-state index is -0.994. The SMILES string of the molecule is CCC(CC)Nc1ccc(C(=O)O)c(N)c1. The molecule has 0 spiro atoms. The average molecular weight is 222 g/mol. The largest absolute Gasteiger partial charge is 0.478 e. The van der Waals surface area contributed by atoms with Crippen LogP contribution in [0.5, 0.6) is 0 Å². The summed E-state index contributed by atoms with van der Waals surface area (Å²) in [5.41, 5.74) is 6.97. The fraction of sp³-hybridized carbons (Fsp3) is 0.417. The maximum atomic E-state index is 10.8. The summed E-state index contributed by atoms with van der Waals surface area (Å²) in [6.45, 7) is 4.21. The van der Waals surface area contributed by atoms with Gasteiger partial charge in [0.2, 0.25) is 0 Å². The summed E-state index contributed by atoms with van der Waals surface area (Å²) in [4.78, 5) is 10.8. The molecule has 4 heteroatoms. The average Bonchev–Trinajstić information content (AvgIpc) is 2.25. The van der Waals surface area contributed by atoms with Gasteiger partial charge in [-0.05, 0) is 31.0 Å². The molecular weight excluding hydrogens is 204 g/mol. The Labute approximate surface area is 95.5 Å². The third-order valence-corrected chi connectivity index (χ3v) is 2.64. The van der Waals surface area contributed by atoms with Crippen LogP contribution in [-0.2, 0) is 0 Å². The van der Waals surface area contributed by atoms with Crippen LogP contribution in [0, 0.1) is 0 Å². The van der Waals surface area contributed by atoms with Gasteiger partial charge in [-0.25, -0.2) is 4.79 Å². The first-order valence-corrected chi connectivity index (χ1v) is 5.47. The molecule has 1 aromatic rings. The molecule has 4 nitrogen and oxygen atoms in total. The van der Waals surface area contributed by atoms with E-state index in [9.17, 15) is 4.79 Å². The first-order valence-electron chi connectivity index (χ1n) is 5.47. The van der Waals surface area contributed by atoms with Crippen molar-refractivity contribution < 1.29 is 9.90 Å². The lowest BCUT2D eigenvalue weighted by Gasteiger charge is -2.16. The summed E-state index contributed by atoms with van der Waals surface area (Å²) in [5.74, 6) is -0.994. The molecule has 0 aliphatic rings. The van der Waals surface area contributed by atoms with Gasteiger partial charge in [-0.1, -0.05) is 13.8 Å². The zero-order chi connectivity index (χ0) is 12.1. The summed E-state index contributed by atoms with van der Waals surface area (Å²) in [6.07, 6.45) is 2.05. The highest BCUT2D eigenvalue weighted by atomic mass is 16.4. The van der Waals surface area contributed by atoms with Gasteiger partial charge in [0.15, 0.2) is 0 Å². The third kappa shape index (κ3) is 2.89. The number of hydrogen-bond donors (Lipinski definition) is 3. The smallest absolute Gasteiger partial charge is 0.337 e. The number of carbonyl (C=O) groups is 1. The van der Waals surface area contributed by atoms with Crippen molar-refractivity contribution >= 4 is 17.3 Å². The number of nitrogens with one attached hydrogen (secondary N) is 1. The van der Waals surface area contributed by atoms with Gasteiger partial charge in [-0.3, -0.25) is 0 Å². The Morgan fingerprint density at radius 1 is 1.44 bits per heavy atom. The quantitative estimate of drug-likeness (QED) is 0.669. The van der Waals surface area contributed by atoms with Crippen LogP contribution in [0.4, 0.5) is 11.4 Å². The number of nitrogens with two attached hydrogens (primary N) is 1. The highest BCUT2D eigenvalue weighted by Gasteiger charge is 2.09. The normalized spacial score (nSPS) is 10.4. The molecule has 0 bridgehead atoms. The molecule has 0 unspecified atom stereocenters. The van der Waals surface area contributed by atoms with E-state index in [1.54, 1.807) is 12.1 Å². The number of nitrogen functional groups attached to an aromatic ring is 1. The van der Waals surface area contributed by atoms with Crippen molar-refractivity contribution in [2.45, 2.75) is 32.7 Å². The van der Waals surface area contributed by atoms with Crippen LogP contribution < -0.4 is 11.1 Å². The minimum Gasteiger partial charge on any atom is -0.478 e. The standard InChI is InChI=1S/C12H18N2O2/c1-3-8(4-2)14-9-5-6-10(12(15)16)11(13)7-9/h5-8,14H,3-4,13H2,1-2H3,(H,15,16). The predicted molar refractivity (Wildman–Crippen MR) is 65.8 cm³/mol. The number of carboxylic acids is 1. The van der Waals surface area contributed by atoms with E-state index in [0.29, 0.717) is 11.7 Å². The van der Waals surface area contributed by atoms with E-state index in [0.717, 1.165) is 18.5 Å². The fourth-order valence-electron chi connectivity index (χ4n) is 1.58. The van der Waals surface area contributed by atoms with E-state index in [4.69, 9.17) is 10.8 Å². The molecule has 0 saturated heterocycles. The maximum Gasteiger partial charge on any atom is 0.337 e. The van der Waals surface area contributed by atoms with Gasteiger partial charge in [0, 0.05) is 17.4 Å². The summed E-state index contributed by atoms with van der Waals surface area (Å²) >= 11 is 0. The number of rotatable bonds is 5.